The molecular weight excluding hydrogens is 324 g/mol. The van der Waals surface area contributed by atoms with Gasteiger partial charge in [-0.1, -0.05) is 29.8 Å². The van der Waals surface area contributed by atoms with E-state index in [9.17, 15) is 13.6 Å². The van der Waals surface area contributed by atoms with Crippen molar-refractivity contribution >= 4 is 16.9 Å². The van der Waals surface area contributed by atoms with Gasteiger partial charge in [0.1, 0.15) is 6.54 Å². The van der Waals surface area contributed by atoms with Crippen molar-refractivity contribution in [2.75, 3.05) is 13.1 Å². The Labute approximate surface area is 143 Å². The van der Waals surface area contributed by atoms with Gasteiger partial charge >= 0.3 is 0 Å². The van der Waals surface area contributed by atoms with Gasteiger partial charge in [-0.3, -0.25) is 9.78 Å². The van der Waals surface area contributed by atoms with Crippen LogP contribution in [0.4, 0.5) is 8.78 Å². The zero-order valence-electron chi connectivity index (χ0n) is 13.7. The van der Waals surface area contributed by atoms with Crippen molar-refractivity contribution in [1.82, 2.24) is 14.5 Å². The Morgan fingerprint density at radius 1 is 1.20 bits per heavy atom. The Hall–Kier alpha value is -2.76. The van der Waals surface area contributed by atoms with E-state index in [0.717, 1.165) is 27.7 Å². The van der Waals surface area contributed by atoms with Gasteiger partial charge in [0.2, 0.25) is 5.91 Å². The number of rotatable bonds is 3. The first-order valence-electron chi connectivity index (χ1n) is 8.09. The fourth-order valence-corrected chi connectivity index (χ4v) is 3.12. The minimum Gasteiger partial charge on any atom is -0.337 e. The van der Waals surface area contributed by atoms with Crippen LogP contribution in [0.3, 0.4) is 0 Å². The molecule has 0 spiro atoms. The molecule has 0 radical (unpaired) electrons. The van der Waals surface area contributed by atoms with Gasteiger partial charge in [0, 0.05) is 18.0 Å². The lowest BCUT2D eigenvalue weighted by Crippen LogP contribution is -2.59. The van der Waals surface area contributed by atoms with Crippen LogP contribution in [0.1, 0.15) is 5.56 Å². The lowest BCUT2D eigenvalue weighted by Gasteiger charge is -2.38. The molecule has 1 aliphatic rings. The monoisotopic (exact) mass is 341 g/mol. The van der Waals surface area contributed by atoms with E-state index < -0.39 is 19.0 Å². The molecule has 25 heavy (non-hydrogen) atoms. The number of fused-ring (bicyclic) bond motifs is 1. The molecule has 6 heteroatoms. The van der Waals surface area contributed by atoms with Crippen molar-refractivity contribution < 1.29 is 13.6 Å². The van der Waals surface area contributed by atoms with Gasteiger partial charge in [-0.15, -0.1) is 0 Å². The lowest BCUT2D eigenvalue weighted by molar-refractivity contribution is -0.166. The van der Waals surface area contributed by atoms with Crippen molar-refractivity contribution in [2.45, 2.75) is 19.4 Å². The first-order chi connectivity index (χ1) is 11.9. The number of amides is 1. The second-order valence-corrected chi connectivity index (χ2v) is 6.55. The van der Waals surface area contributed by atoms with Crippen molar-refractivity contribution in [3.63, 3.8) is 0 Å². The highest BCUT2D eigenvalue weighted by molar-refractivity contribution is 5.84. The minimum absolute atomic E-state index is 0.0402. The number of alkyl halides is 2. The molecule has 0 bridgehead atoms. The molecule has 128 valence electrons. The average Bonchev–Trinajstić information content (AvgIpc) is 2.94. The summed E-state index contributed by atoms with van der Waals surface area (Å²) in [5.41, 5.74) is 4.76. The Balaban J connectivity index is 1.62. The largest absolute Gasteiger partial charge is 0.337 e. The molecule has 0 unspecified atom stereocenters. The van der Waals surface area contributed by atoms with Crippen LogP contribution in [0, 0.1) is 6.92 Å². The fraction of sp³-hybridized carbons (Fsp3) is 0.263. The molecule has 0 aliphatic carbocycles. The molecule has 0 saturated carbocycles. The van der Waals surface area contributed by atoms with Crippen LogP contribution < -0.4 is 0 Å². The lowest BCUT2D eigenvalue weighted by atomic mass is 10.1. The maximum atomic E-state index is 12.9. The van der Waals surface area contributed by atoms with E-state index in [0.29, 0.717) is 0 Å². The van der Waals surface area contributed by atoms with Crippen LogP contribution in [0.15, 0.2) is 48.8 Å². The van der Waals surface area contributed by atoms with Gasteiger partial charge in [-0.25, -0.2) is 8.78 Å². The number of halogens is 2. The zero-order chi connectivity index (χ0) is 17.6. The minimum atomic E-state index is -2.74. The SMILES string of the molecule is Cc1cccc(-c2cnc3ccn(CC(=O)N4CC(F)(F)C4)c3c2)c1. The Bertz CT molecular complexity index is 956. The van der Waals surface area contributed by atoms with Crippen LogP contribution >= 0.6 is 0 Å². The van der Waals surface area contributed by atoms with E-state index in [-0.39, 0.29) is 12.5 Å². The summed E-state index contributed by atoms with van der Waals surface area (Å²) in [6.45, 7) is 1.09. The van der Waals surface area contributed by atoms with E-state index in [1.807, 2.05) is 37.3 Å². The molecule has 3 heterocycles. The molecule has 1 aliphatic heterocycles. The van der Waals surface area contributed by atoms with E-state index in [1.54, 1.807) is 17.0 Å². The molecule has 1 saturated heterocycles. The predicted molar refractivity (Wildman–Crippen MR) is 91.4 cm³/mol. The third kappa shape index (κ3) is 2.99. The van der Waals surface area contributed by atoms with Crippen LogP contribution in [0.5, 0.6) is 0 Å². The molecule has 0 atom stereocenters. The van der Waals surface area contributed by atoms with Gasteiger partial charge < -0.3 is 9.47 Å². The van der Waals surface area contributed by atoms with Gasteiger partial charge in [0.25, 0.3) is 5.92 Å². The van der Waals surface area contributed by atoms with E-state index in [4.69, 9.17) is 0 Å². The average molecular weight is 341 g/mol. The summed E-state index contributed by atoms with van der Waals surface area (Å²) in [5.74, 6) is -3.04. The first kappa shape index (κ1) is 15.7. The summed E-state index contributed by atoms with van der Waals surface area (Å²) in [6, 6.07) is 11.9. The highest BCUT2D eigenvalue weighted by Crippen LogP contribution is 2.28. The molecule has 1 fully saturated rings. The third-order valence-electron chi connectivity index (χ3n) is 4.47. The number of nitrogens with zero attached hydrogens (tertiary/aromatic N) is 3. The maximum absolute atomic E-state index is 12.9. The van der Waals surface area contributed by atoms with E-state index in [2.05, 4.69) is 11.1 Å². The van der Waals surface area contributed by atoms with E-state index in [1.165, 1.54) is 4.90 Å². The summed E-state index contributed by atoms with van der Waals surface area (Å²) in [4.78, 5) is 17.8. The number of benzene rings is 1. The van der Waals surface area contributed by atoms with Gasteiger partial charge in [-0.05, 0) is 24.6 Å². The summed E-state index contributed by atoms with van der Waals surface area (Å²) in [5, 5.41) is 0. The van der Waals surface area contributed by atoms with Crippen LogP contribution in [-0.4, -0.2) is 39.4 Å². The standard InChI is InChI=1S/C19H17F2N3O/c1-13-3-2-4-14(7-13)15-8-17-16(22-9-15)5-6-23(17)10-18(25)24-11-19(20,21)12-24/h2-9H,10-12H2,1H3. The molecule has 4 nitrogen and oxygen atoms in total. The molecule has 3 aromatic rings. The Morgan fingerprint density at radius 3 is 2.72 bits per heavy atom. The van der Waals surface area contributed by atoms with Gasteiger partial charge in [-0.2, -0.15) is 0 Å². The van der Waals surface area contributed by atoms with Gasteiger partial charge in [0.15, 0.2) is 0 Å². The first-order valence-corrected chi connectivity index (χ1v) is 8.09. The summed E-state index contributed by atoms with van der Waals surface area (Å²) in [6.07, 6.45) is 3.58. The zero-order valence-corrected chi connectivity index (χ0v) is 13.7. The molecule has 0 N–H and O–H groups in total. The number of carbonyl (C=O) groups excluding carboxylic acids is 1. The van der Waals surface area contributed by atoms with Crippen molar-refractivity contribution in [1.29, 1.82) is 0 Å². The molecule has 4 rings (SSSR count). The molecule has 1 amide bonds. The summed E-state index contributed by atoms with van der Waals surface area (Å²) >= 11 is 0. The number of hydrogen-bond acceptors (Lipinski definition) is 2. The van der Waals surface area contributed by atoms with Crippen molar-refractivity contribution in [3.8, 4) is 11.1 Å². The van der Waals surface area contributed by atoms with E-state index >= 15 is 0 Å². The molecule has 1 aromatic carbocycles. The number of aromatic nitrogens is 2. The second-order valence-electron chi connectivity index (χ2n) is 6.55. The Morgan fingerprint density at radius 2 is 2.00 bits per heavy atom. The summed E-state index contributed by atoms with van der Waals surface area (Å²) < 4.78 is 27.7. The summed E-state index contributed by atoms with van der Waals surface area (Å²) in [7, 11) is 0. The van der Waals surface area contributed by atoms with Gasteiger partial charge in [0.05, 0.1) is 24.1 Å². The predicted octanol–water partition coefficient (Wildman–Crippen LogP) is 3.49. The number of carbonyl (C=O) groups is 1. The number of likely N-dealkylation sites (tertiary alicyclic amines) is 1. The third-order valence-corrected chi connectivity index (χ3v) is 4.47. The normalized spacial score (nSPS) is 16.0. The van der Waals surface area contributed by atoms with Crippen LogP contribution in [-0.2, 0) is 11.3 Å². The highest BCUT2D eigenvalue weighted by atomic mass is 19.3. The number of aryl methyl sites for hydroxylation is 1. The van der Waals surface area contributed by atoms with Crippen LogP contribution in [0.2, 0.25) is 0 Å². The number of pyridine rings is 1. The fourth-order valence-electron chi connectivity index (χ4n) is 3.12. The Kier molecular flexibility index (Phi) is 3.56. The molecular formula is C19H17F2N3O. The highest BCUT2D eigenvalue weighted by Gasteiger charge is 2.46. The van der Waals surface area contributed by atoms with Crippen molar-refractivity contribution in [2.24, 2.45) is 0 Å². The topological polar surface area (TPSA) is 38.1 Å². The number of hydrogen-bond donors (Lipinski definition) is 0. The van der Waals surface area contributed by atoms with Crippen molar-refractivity contribution in [3.05, 3.63) is 54.4 Å². The maximum Gasteiger partial charge on any atom is 0.282 e. The molecule has 2 aromatic heterocycles. The quantitative estimate of drug-likeness (QED) is 0.731. The van der Waals surface area contributed by atoms with Crippen LogP contribution in [0.25, 0.3) is 22.2 Å². The second kappa shape index (κ2) is 5.65. The smallest absolute Gasteiger partial charge is 0.282 e.